The number of carbonyl (C=O) groups is 1. The smallest absolute Gasteiger partial charge is 0.262 e. The van der Waals surface area contributed by atoms with Crippen LogP contribution < -0.4 is 10.9 Å². The number of nitrogens with zero attached hydrogens (tertiary/aromatic N) is 2. The Morgan fingerprint density at radius 2 is 1.78 bits per heavy atom. The number of rotatable bonds is 4. The highest BCUT2D eigenvalue weighted by atomic mass is 16.2. The van der Waals surface area contributed by atoms with Gasteiger partial charge in [-0.2, -0.15) is 0 Å². The molecule has 1 N–H and O–H groups in total. The zero-order valence-electron chi connectivity index (χ0n) is 15.6. The Labute approximate surface area is 158 Å². The minimum Gasteiger partial charge on any atom is -0.344 e. The Hall–Kier alpha value is -2.95. The molecule has 3 atom stereocenters. The maximum atomic E-state index is 13.3. The molecule has 0 aliphatic carbocycles. The lowest BCUT2D eigenvalue weighted by molar-refractivity contribution is -0.127. The van der Waals surface area contributed by atoms with Crippen LogP contribution in [0.4, 0.5) is 0 Å². The Kier molecular flexibility index (Phi) is 4.52. The van der Waals surface area contributed by atoms with E-state index in [4.69, 9.17) is 4.98 Å². The quantitative estimate of drug-likeness (QED) is 0.775. The summed E-state index contributed by atoms with van der Waals surface area (Å²) in [7, 11) is 0. The number of benzene rings is 2. The van der Waals surface area contributed by atoms with Crippen molar-refractivity contribution in [1.29, 1.82) is 0 Å². The molecule has 0 spiro atoms. The molecule has 0 bridgehead atoms. The lowest BCUT2D eigenvalue weighted by atomic mass is 9.93. The van der Waals surface area contributed by atoms with E-state index >= 15 is 0 Å². The number of aromatic nitrogens is 2. The molecule has 0 saturated carbocycles. The van der Waals surface area contributed by atoms with Crippen LogP contribution in [0.25, 0.3) is 10.9 Å². The highest BCUT2D eigenvalue weighted by molar-refractivity contribution is 5.84. The third-order valence-corrected chi connectivity index (χ3v) is 5.51. The van der Waals surface area contributed by atoms with Gasteiger partial charge in [-0.05, 0) is 23.6 Å². The van der Waals surface area contributed by atoms with Crippen molar-refractivity contribution in [2.45, 2.75) is 38.8 Å². The molecule has 3 aromatic rings. The van der Waals surface area contributed by atoms with Crippen LogP contribution in [-0.4, -0.2) is 15.5 Å². The summed E-state index contributed by atoms with van der Waals surface area (Å²) < 4.78 is 1.63. The predicted molar refractivity (Wildman–Crippen MR) is 106 cm³/mol. The Morgan fingerprint density at radius 3 is 2.52 bits per heavy atom. The molecule has 0 radical (unpaired) electrons. The average Bonchev–Trinajstić information content (AvgIpc) is 2.70. The molecule has 1 aliphatic rings. The molecular formula is C22H23N3O2. The normalized spacial score (nSPS) is 20.1. The molecule has 4 rings (SSSR count). The monoisotopic (exact) mass is 361 g/mol. The molecule has 2 heterocycles. The zero-order valence-corrected chi connectivity index (χ0v) is 15.6. The molecule has 1 aromatic heterocycles. The first-order valence-corrected chi connectivity index (χ1v) is 9.45. The van der Waals surface area contributed by atoms with E-state index in [9.17, 15) is 9.59 Å². The minimum absolute atomic E-state index is 0.115. The van der Waals surface area contributed by atoms with Crippen LogP contribution in [0.5, 0.6) is 0 Å². The van der Waals surface area contributed by atoms with Gasteiger partial charge in [0, 0.05) is 6.42 Å². The van der Waals surface area contributed by atoms with Crippen molar-refractivity contribution in [3.05, 3.63) is 76.3 Å². The second-order valence-corrected chi connectivity index (χ2v) is 7.24. The predicted octanol–water partition coefficient (Wildman–Crippen LogP) is 3.40. The molecule has 5 heteroatoms. The van der Waals surface area contributed by atoms with Gasteiger partial charge in [-0.25, -0.2) is 4.98 Å². The van der Waals surface area contributed by atoms with E-state index in [1.165, 1.54) is 0 Å². The van der Waals surface area contributed by atoms with E-state index in [1.807, 2.05) is 48.5 Å². The molecular weight excluding hydrogens is 338 g/mol. The summed E-state index contributed by atoms with van der Waals surface area (Å²) in [6, 6.07) is 16.3. The highest BCUT2D eigenvalue weighted by Crippen LogP contribution is 2.31. The van der Waals surface area contributed by atoms with Crippen LogP contribution in [0.15, 0.2) is 59.4 Å². The third kappa shape index (κ3) is 3.03. The summed E-state index contributed by atoms with van der Waals surface area (Å²) in [6.45, 7) is 4.16. The Balaban J connectivity index is 1.92. The molecule has 2 aromatic carbocycles. The summed E-state index contributed by atoms with van der Waals surface area (Å²) in [6.07, 6.45) is 1.35. The number of hydrogen-bond donors (Lipinski definition) is 1. The number of para-hydroxylation sites is 1. The largest absolute Gasteiger partial charge is 0.344 e. The summed E-state index contributed by atoms with van der Waals surface area (Å²) in [5, 5.41) is 3.68. The summed E-state index contributed by atoms with van der Waals surface area (Å²) in [5.74, 6) is 0.732. The van der Waals surface area contributed by atoms with Crippen molar-refractivity contribution >= 4 is 16.8 Å². The number of fused-ring (bicyclic) bond motifs is 2. The van der Waals surface area contributed by atoms with Gasteiger partial charge in [0.2, 0.25) is 5.91 Å². The Morgan fingerprint density at radius 1 is 1.07 bits per heavy atom. The molecule has 5 nitrogen and oxygen atoms in total. The fourth-order valence-electron chi connectivity index (χ4n) is 3.77. The topological polar surface area (TPSA) is 64.0 Å². The second-order valence-electron chi connectivity index (χ2n) is 7.24. The van der Waals surface area contributed by atoms with Gasteiger partial charge < -0.3 is 5.32 Å². The average molecular weight is 361 g/mol. The maximum Gasteiger partial charge on any atom is 0.262 e. The first kappa shape index (κ1) is 17.5. The van der Waals surface area contributed by atoms with Gasteiger partial charge in [-0.3, -0.25) is 14.2 Å². The molecule has 1 aliphatic heterocycles. The third-order valence-electron chi connectivity index (χ3n) is 5.51. The van der Waals surface area contributed by atoms with Crippen LogP contribution in [0.1, 0.15) is 43.7 Å². The summed E-state index contributed by atoms with van der Waals surface area (Å²) in [4.78, 5) is 31.1. The van der Waals surface area contributed by atoms with Gasteiger partial charge >= 0.3 is 0 Å². The van der Waals surface area contributed by atoms with E-state index in [0.29, 0.717) is 23.1 Å². The Bertz CT molecular complexity index is 1040. The SMILES string of the molecule is CC[C@@H](C)[C@@H]1NC(=O)[C@@H](Cc2ccccc2)n2c1nc1ccccc1c2=O. The van der Waals surface area contributed by atoms with Gasteiger partial charge in [0.1, 0.15) is 11.9 Å². The van der Waals surface area contributed by atoms with Gasteiger partial charge in [-0.15, -0.1) is 0 Å². The number of carbonyl (C=O) groups excluding carboxylic acids is 1. The van der Waals surface area contributed by atoms with Crippen molar-refractivity contribution in [2.24, 2.45) is 5.92 Å². The van der Waals surface area contributed by atoms with Crippen molar-refractivity contribution in [2.75, 3.05) is 0 Å². The molecule has 1 amide bonds. The van der Waals surface area contributed by atoms with Crippen LogP contribution in [0.2, 0.25) is 0 Å². The van der Waals surface area contributed by atoms with Gasteiger partial charge in [0.15, 0.2) is 0 Å². The fourth-order valence-corrected chi connectivity index (χ4v) is 3.77. The number of amides is 1. The lowest BCUT2D eigenvalue weighted by Crippen LogP contribution is -2.50. The molecule has 0 fully saturated rings. The summed E-state index contributed by atoms with van der Waals surface area (Å²) in [5.41, 5.74) is 1.56. The van der Waals surface area contributed by atoms with Crippen LogP contribution in [0.3, 0.4) is 0 Å². The maximum absolute atomic E-state index is 13.3. The highest BCUT2D eigenvalue weighted by Gasteiger charge is 2.37. The van der Waals surface area contributed by atoms with Crippen molar-refractivity contribution < 1.29 is 4.79 Å². The van der Waals surface area contributed by atoms with E-state index in [-0.39, 0.29) is 23.4 Å². The van der Waals surface area contributed by atoms with Gasteiger partial charge in [-0.1, -0.05) is 62.7 Å². The molecule has 138 valence electrons. The van der Waals surface area contributed by atoms with Crippen molar-refractivity contribution in [3.63, 3.8) is 0 Å². The van der Waals surface area contributed by atoms with E-state index in [1.54, 1.807) is 10.6 Å². The first-order chi connectivity index (χ1) is 13.1. The van der Waals surface area contributed by atoms with Gasteiger partial charge in [0.25, 0.3) is 5.56 Å². The van der Waals surface area contributed by atoms with Gasteiger partial charge in [0.05, 0.1) is 16.9 Å². The zero-order chi connectivity index (χ0) is 19.0. The molecule has 0 saturated heterocycles. The van der Waals surface area contributed by atoms with Crippen LogP contribution in [-0.2, 0) is 11.2 Å². The number of nitrogens with one attached hydrogen (secondary N) is 1. The molecule has 0 unspecified atom stereocenters. The van der Waals surface area contributed by atoms with Crippen LogP contribution in [0, 0.1) is 5.92 Å². The van der Waals surface area contributed by atoms with E-state index < -0.39 is 6.04 Å². The van der Waals surface area contributed by atoms with E-state index in [2.05, 4.69) is 19.2 Å². The molecule has 27 heavy (non-hydrogen) atoms. The first-order valence-electron chi connectivity index (χ1n) is 9.45. The van der Waals surface area contributed by atoms with Crippen molar-refractivity contribution in [1.82, 2.24) is 14.9 Å². The standard InChI is InChI=1S/C22H23N3O2/c1-3-14(2)19-20-23-17-12-8-7-11-16(17)22(27)25(20)18(21(26)24-19)13-15-9-5-4-6-10-15/h4-12,14,18-19H,3,13H2,1-2H3,(H,24,26)/t14-,18-,19+/m1/s1. The number of hydrogen-bond acceptors (Lipinski definition) is 3. The van der Waals surface area contributed by atoms with Crippen LogP contribution >= 0.6 is 0 Å². The minimum atomic E-state index is -0.590. The lowest BCUT2D eigenvalue weighted by Gasteiger charge is -2.35. The second kappa shape index (κ2) is 6.99. The summed E-state index contributed by atoms with van der Waals surface area (Å²) >= 11 is 0. The fraction of sp³-hybridized carbons (Fsp3) is 0.318. The van der Waals surface area contributed by atoms with Crippen molar-refractivity contribution in [3.8, 4) is 0 Å². The van der Waals surface area contributed by atoms with E-state index in [0.717, 1.165) is 12.0 Å².